The van der Waals surface area contributed by atoms with Crippen molar-refractivity contribution in [2.75, 3.05) is 13.1 Å². The molecule has 0 saturated heterocycles. The van der Waals surface area contributed by atoms with Gasteiger partial charge in [0.2, 0.25) is 10.0 Å². The van der Waals surface area contributed by atoms with Crippen molar-refractivity contribution >= 4 is 31.9 Å². The smallest absolute Gasteiger partial charge is 0.251 e. The zero-order valence-electron chi connectivity index (χ0n) is 15.1. The van der Waals surface area contributed by atoms with Gasteiger partial charge in [0.05, 0.1) is 21.3 Å². The summed E-state index contributed by atoms with van der Waals surface area (Å²) >= 11 is 3.34. The monoisotopic (exact) mass is 462 g/mol. The molecule has 2 N–H and O–H groups in total. The van der Waals surface area contributed by atoms with Gasteiger partial charge in [0.15, 0.2) is 0 Å². The van der Waals surface area contributed by atoms with Crippen molar-refractivity contribution in [1.29, 1.82) is 0 Å². The quantitative estimate of drug-likeness (QED) is 0.527. The summed E-state index contributed by atoms with van der Waals surface area (Å²) in [5, 5.41) is 6.88. The van der Waals surface area contributed by atoms with Gasteiger partial charge in [0.25, 0.3) is 5.91 Å². The van der Waals surface area contributed by atoms with Crippen LogP contribution in [-0.2, 0) is 10.0 Å². The van der Waals surface area contributed by atoms with E-state index in [0.29, 0.717) is 5.56 Å². The fourth-order valence-corrected chi connectivity index (χ4v) is 3.79. The molecule has 3 rings (SSSR count). The van der Waals surface area contributed by atoms with E-state index in [0.717, 1.165) is 15.7 Å². The third-order valence-electron chi connectivity index (χ3n) is 3.98. The predicted octanol–water partition coefficient (Wildman–Crippen LogP) is 2.65. The lowest BCUT2D eigenvalue weighted by molar-refractivity contribution is 0.0954. The van der Waals surface area contributed by atoms with Gasteiger partial charge in [-0.05, 0) is 59.3 Å². The van der Waals surface area contributed by atoms with E-state index < -0.39 is 10.0 Å². The van der Waals surface area contributed by atoms with Crippen LogP contribution in [0.15, 0.2) is 70.3 Å². The Morgan fingerprint density at radius 3 is 2.36 bits per heavy atom. The molecule has 1 heterocycles. The Morgan fingerprint density at radius 2 is 1.75 bits per heavy atom. The largest absolute Gasteiger partial charge is 0.351 e. The molecule has 1 amide bonds. The molecule has 28 heavy (non-hydrogen) atoms. The molecular weight excluding hydrogens is 444 g/mol. The molecule has 0 aliphatic carbocycles. The molecule has 0 atom stereocenters. The van der Waals surface area contributed by atoms with E-state index in [1.807, 2.05) is 13.1 Å². The molecule has 0 aliphatic heterocycles. The second-order valence-electron chi connectivity index (χ2n) is 6.12. The SMILES string of the molecule is Cc1ccc(S(=O)(=O)NCCNC(=O)c2ccc(-n3cc(Br)cn3)cc2)cc1. The number of carbonyl (C=O) groups is 1. The Hall–Kier alpha value is -2.49. The molecule has 0 radical (unpaired) electrons. The van der Waals surface area contributed by atoms with Crippen LogP contribution in [0.4, 0.5) is 0 Å². The van der Waals surface area contributed by atoms with E-state index in [1.165, 1.54) is 0 Å². The van der Waals surface area contributed by atoms with E-state index in [1.54, 1.807) is 59.4 Å². The zero-order chi connectivity index (χ0) is 20.1. The van der Waals surface area contributed by atoms with Crippen LogP contribution < -0.4 is 10.0 Å². The number of hydrogen-bond donors (Lipinski definition) is 2. The van der Waals surface area contributed by atoms with Crippen molar-refractivity contribution in [2.45, 2.75) is 11.8 Å². The fraction of sp³-hybridized carbons (Fsp3) is 0.158. The first-order valence-corrected chi connectivity index (χ1v) is 10.8. The molecule has 9 heteroatoms. The zero-order valence-corrected chi connectivity index (χ0v) is 17.5. The maximum atomic E-state index is 12.2. The topological polar surface area (TPSA) is 93.1 Å². The Morgan fingerprint density at radius 1 is 1.07 bits per heavy atom. The molecule has 1 aromatic heterocycles. The third-order valence-corrected chi connectivity index (χ3v) is 5.87. The average molecular weight is 463 g/mol. The number of nitrogens with zero attached hydrogens (tertiary/aromatic N) is 2. The first-order chi connectivity index (χ1) is 13.3. The standard InChI is InChI=1S/C19H19BrN4O3S/c1-14-2-8-18(9-3-14)28(26,27)23-11-10-21-19(25)15-4-6-17(7-5-15)24-13-16(20)12-22-24/h2-9,12-13,23H,10-11H2,1H3,(H,21,25). The maximum absolute atomic E-state index is 12.2. The van der Waals surface area contributed by atoms with Crippen molar-refractivity contribution < 1.29 is 13.2 Å². The van der Waals surface area contributed by atoms with Crippen LogP contribution in [0.3, 0.4) is 0 Å². The van der Waals surface area contributed by atoms with Crippen LogP contribution >= 0.6 is 15.9 Å². The number of rotatable bonds is 7. The van der Waals surface area contributed by atoms with Gasteiger partial charge in [0.1, 0.15) is 0 Å². The van der Waals surface area contributed by atoms with E-state index in [4.69, 9.17) is 0 Å². The lowest BCUT2D eigenvalue weighted by atomic mass is 10.2. The minimum absolute atomic E-state index is 0.0986. The molecule has 0 unspecified atom stereocenters. The number of benzene rings is 2. The van der Waals surface area contributed by atoms with Crippen molar-refractivity contribution in [3.63, 3.8) is 0 Å². The summed E-state index contributed by atoms with van der Waals surface area (Å²) in [5.74, 6) is -0.275. The van der Waals surface area contributed by atoms with Crippen molar-refractivity contribution in [1.82, 2.24) is 19.8 Å². The summed E-state index contributed by atoms with van der Waals surface area (Å²) in [6, 6.07) is 13.5. The summed E-state index contributed by atoms with van der Waals surface area (Å²) in [6.07, 6.45) is 3.49. The van der Waals surface area contributed by atoms with Crippen molar-refractivity contribution in [2.24, 2.45) is 0 Å². The second-order valence-corrected chi connectivity index (χ2v) is 8.80. The fourth-order valence-electron chi connectivity index (χ4n) is 2.47. The van der Waals surface area contributed by atoms with E-state index in [-0.39, 0.29) is 23.9 Å². The van der Waals surface area contributed by atoms with Gasteiger partial charge in [0, 0.05) is 24.8 Å². The third kappa shape index (κ3) is 5.06. The number of aryl methyl sites for hydroxylation is 1. The first kappa shape index (κ1) is 20.2. The summed E-state index contributed by atoms with van der Waals surface area (Å²) in [6.45, 7) is 2.17. The first-order valence-electron chi connectivity index (χ1n) is 8.50. The van der Waals surface area contributed by atoms with Crippen LogP contribution in [0.5, 0.6) is 0 Å². The minimum Gasteiger partial charge on any atom is -0.351 e. The van der Waals surface area contributed by atoms with Crippen LogP contribution in [0.1, 0.15) is 15.9 Å². The Labute approximate surface area is 172 Å². The average Bonchev–Trinajstić information content (AvgIpc) is 3.12. The Kier molecular flexibility index (Phi) is 6.28. The lowest BCUT2D eigenvalue weighted by Gasteiger charge is -2.09. The van der Waals surface area contributed by atoms with E-state index >= 15 is 0 Å². The number of aromatic nitrogens is 2. The summed E-state index contributed by atoms with van der Waals surface area (Å²) in [7, 11) is -3.59. The van der Waals surface area contributed by atoms with Gasteiger partial charge in [-0.15, -0.1) is 0 Å². The van der Waals surface area contributed by atoms with Crippen LogP contribution in [0, 0.1) is 6.92 Å². The molecular formula is C19H19BrN4O3S. The Bertz CT molecular complexity index is 1060. The summed E-state index contributed by atoms with van der Waals surface area (Å²) < 4.78 is 29.4. The molecule has 0 fully saturated rings. The number of nitrogens with one attached hydrogen (secondary N) is 2. The molecule has 146 valence electrons. The van der Waals surface area contributed by atoms with Crippen molar-refractivity contribution in [3.8, 4) is 5.69 Å². The minimum atomic E-state index is -3.59. The number of sulfonamides is 1. The summed E-state index contributed by atoms with van der Waals surface area (Å²) in [4.78, 5) is 12.4. The molecule has 3 aromatic rings. The highest BCUT2D eigenvalue weighted by Gasteiger charge is 2.13. The molecule has 7 nitrogen and oxygen atoms in total. The molecule has 0 aliphatic rings. The van der Waals surface area contributed by atoms with Gasteiger partial charge in [-0.2, -0.15) is 5.10 Å². The maximum Gasteiger partial charge on any atom is 0.251 e. The number of amides is 1. The van der Waals surface area contributed by atoms with Gasteiger partial charge >= 0.3 is 0 Å². The van der Waals surface area contributed by atoms with E-state index in [2.05, 4.69) is 31.1 Å². The van der Waals surface area contributed by atoms with E-state index in [9.17, 15) is 13.2 Å². The predicted molar refractivity (Wildman–Crippen MR) is 110 cm³/mol. The van der Waals surface area contributed by atoms with Crippen LogP contribution in [0.25, 0.3) is 5.69 Å². The number of carbonyl (C=O) groups excluding carboxylic acids is 1. The van der Waals surface area contributed by atoms with Gasteiger partial charge in [-0.25, -0.2) is 17.8 Å². The van der Waals surface area contributed by atoms with Gasteiger partial charge < -0.3 is 5.32 Å². The normalized spacial score (nSPS) is 11.4. The number of halogens is 1. The van der Waals surface area contributed by atoms with Crippen LogP contribution in [0.2, 0.25) is 0 Å². The molecule has 0 bridgehead atoms. The highest BCUT2D eigenvalue weighted by atomic mass is 79.9. The van der Waals surface area contributed by atoms with Crippen LogP contribution in [-0.4, -0.2) is 37.2 Å². The van der Waals surface area contributed by atoms with Crippen molar-refractivity contribution in [3.05, 3.63) is 76.5 Å². The second kappa shape index (κ2) is 8.68. The molecule has 0 spiro atoms. The summed E-state index contributed by atoms with van der Waals surface area (Å²) in [5.41, 5.74) is 2.29. The Balaban J connectivity index is 1.51. The molecule has 2 aromatic carbocycles. The van der Waals surface area contributed by atoms with Gasteiger partial charge in [-0.3, -0.25) is 4.79 Å². The highest BCUT2D eigenvalue weighted by Crippen LogP contribution is 2.13. The lowest BCUT2D eigenvalue weighted by Crippen LogP contribution is -2.34. The number of hydrogen-bond acceptors (Lipinski definition) is 4. The molecule has 0 saturated carbocycles. The van der Waals surface area contributed by atoms with Gasteiger partial charge in [-0.1, -0.05) is 17.7 Å². The highest BCUT2D eigenvalue weighted by molar-refractivity contribution is 9.10.